The van der Waals surface area contributed by atoms with Crippen LogP contribution >= 0.6 is 0 Å². The maximum absolute atomic E-state index is 2.49. The number of hydrogen-bond acceptors (Lipinski definition) is 3. The van der Waals surface area contributed by atoms with Crippen molar-refractivity contribution in [1.82, 2.24) is 13.7 Å². The van der Waals surface area contributed by atoms with Crippen molar-refractivity contribution < 1.29 is 0 Å². The van der Waals surface area contributed by atoms with Gasteiger partial charge in [0.05, 0.1) is 0 Å². The molecule has 4 heteroatoms. The van der Waals surface area contributed by atoms with Gasteiger partial charge in [0.25, 0.3) is 8.56 Å². The second-order valence-electron chi connectivity index (χ2n) is 7.39. The van der Waals surface area contributed by atoms with Crippen LogP contribution in [-0.2, 0) is 0 Å². The summed E-state index contributed by atoms with van der Waals surface area (Å²) in [5, 5.41) is 0. The van der Waals surface area contributed by atoms with Gasteiger partial charge in [0.15, 0.2) is 0 Å². The SMILES string of the molecule is CCCCCCCCCCCC[Si](N(C)C)(N(C)C)N(C)C. The second kappa shape index (κ2) is 12.5. The Kier molecular flexibility index (Phi) is 12.6. The van der Waals surface area contributed by atoms with Crippen LogP contribution in [0.25, 0.3) is 0 Å². The Morgan fingerprint density at radius 1 is 0.500 bits per heavy atom. The summed E-state index contributed by atoms with van der Waals surface area (Å²) in [7, 11) is 11.9. The maximum atomic E-state index is 2.49. The van der Waals surface area contributed by atoms with E-state index in [2.05, 4.69) is 62.9 Å². The van der Waals surface area contributed by atoms with Crippen LogP contribution in [0, 0.1) is 0 Å². The molecule has 0 aromatic rings. The molecule has 0 saturated heterocycles. The Morgan fingerprint density at radius 3 is 1.14 bits per heavy atom. The van der Waals surface area contributed by atoms with Gasteiger partial charge in [0.2, 0.25) is 0 Å². The summed E-state index contributed by atoms with van der Waals surface area (Å²) >= 11 is 0. The largest absolute Gasteiger partial charge is 0.305 e. The van der Waals surface area contributed by atoms with Gasteiger partial charge in [-0.05, 0) is 48.3 Å². The molecule has 22 heavy (non-hydrogen) atoms. The van der Waals surface area contributed by atoms with Crippen molar-refractivity contribution in [3.63, 3.8) is 0 Å². The molecular weight excluding hydrogens is 286 g/mol. The Morgan fingerprint density at radius 2 is 0.818 bits per heavy atom. The molecule has 0 aromatic heterocycles. The first-order chi connectivity index (χ1) is 10.4. The average molecular weight is 330 g/mol. The molecule has 134 valence electrons. The molecule has 0 aromatic carbocycles. The molecule has 0 heterocycles. The van der Waals surface area contributed by atoms with Gasteiger partial charge in [-0.25, -0.2) is 0 Å². The lowest BCUT2D eigenvalue weighted by Gasteiger charge is -2.46. The van der Waals surface area contributed by atoms with E-state index in [1.54, 1.807) is 0 Å². The Bertz CT molecular complexity index is 233. The fourth-order valence-electron chi connectivity index (χ4n) is 3.72. The minimum absolute atomic E-state index is 1.34. The molecule has 0 atom stereocenters. The lowest BCUT2D eigenvalue weighted by Crippen LogP contribution is -2.69. The highest BCUT2D eigenvalue weighted by atomic mass is 28.4. The topological polar surface area (TPSA) is 9.72 Å². The van der Waals surface area contributed by atoms with Crippen LogP contribution in [0.1, 0.15) is 71.1 Å². The van der Waals surface area contributed by atoms with E-state index in [0.29, 0.717) is 0 Å². The van der Waals surface area contributed by atoms with Crippen LogP contribution in [-0.4, -0.2) is 64.5 Å². The summed E-state index contributed by atoms with van der Waals surface area (Å²) in [6.07, 6.45) is 14.2. The van der Waals surface area contributed by atoms with Crippen LogP contribution in [0.2, 0.25) is 6.04 Å². The van der Waals surface area contributed by atoms with Crippen molar-refractivity contribution in [3.8, 4) is 0 Å². The van der Waals surface area contributed by atoms with E-state index in [4.69, 9.17) is 0 Å². The number of rotatable bonds is 14. The first-order valence-corrected chi connectivity index (χ1v) is 11.5. The van der Waals surface area contributed by atoms with Crippen molar-refractivity contribution in [2.45, 2.75) is 77.2 Å². The van der Waals surface area contributed by atoms with E-state index >= 15 is 0 Å². The predicted molar refractivity (Wildman–Crippen MR) is 103 cm³/mol. The minimum Gasteiger partial charge on any atom is -0.305 e. The molecule has 0 N–H and O–H groups in total. The summed E-state index contributed by atoms with van der Waals surface area (Å²) in [4.78, 5) is 0. The highest BCUT2D eigenvalue weighted by molar-refractivity contribution is 6.71. The van der Waals surface area contributed by atoms with Crippen LogP contribution in [0.4, 0.5) is 0 Å². The van der Waals surface area contributed by atoms with Gasteiger partial charge in [-0.3, -0.25) is 0 Å². The third-order valence-electron chi connectivity index (χ3n) is 5.01. The molecule has 0 saturated carbocycles. The third-order valence-corrected chi connectivity index (χ3v) is 10.3. The monoisotopic (exact) mass is 329 g/mol. The summed E-state index contributed by atoms with van der Waals surface area (Å²) in [5.41, 5.74) is 0. The van der Waals surface area contributed by atoms with Gasteiger partial charge in [0.1, 0.15) is 0 Å². The fraction of sp³-hybridized carbons (Fsp3) is 1.00. The van der Waals surface area contributed by atoms with E-state index in [1.165, 1.54) is 70.3 Å². The molecule has 0 rings (SSSR count). The normalized spacial score (nSPS) is 12.8. The first kappa shape index (κ1) is 22.1. The van der Waals surface area contributed by atoms with Gasteiger partial charge in [0, 0.05) is 0 Å². The predicted octanol–water partition coefficient (Wildman–Crippen LogP) is 4.53. The Labute approximate surface area is 142 Å². The Balaban J connectivity index is 3.87. The summed E-state index contributed by atoms with van der Waals surface area (Å²) < 4.78 is 7.46. The maximum Gasteiger partial charge on any atom is 0.288 e. The van der Waals surface area contributed by atoms with Crippen molar-refractivity contribution in [2.24, 2.45) is 0 Å². The molecule has 0 spiro atoms. The second-order valence-corrected chi connectivity index (χ2v) is 12.1. The molecule has 0 amide bonds. The zero-order chi connectivity index (χ0) is 17.0. The van der Waals surface area contributed by atoms with Crippen molar-refractivity contribution in [3.05, 3.63) is 0 Å². The zero-order valence-electron chi connectivity index (χ0n) is 16.6. The molecule has 0 aliphatic carbocycles. The van der Waals surface area contributed by atoms with Gasteiger partial charge >= 0.3 is 0 Å². The summed E-state index contributed by atoms with van der Waals surface area (Å²) in [5.74, 6) is 0. The molecule has 3 nitrogen and oxygen atoms in total. The van der Waals surface area contributed by atoms with Crippen molar-refractivity contribution in [1.29, 1.82) is 0 Å². The van der Waals surface area contributed by atoms with Crippen LogP contribution in [0.3, 0.4) is 0 Å². The van der Waals surface area contributed by atoms with Gasteiger partial charge < -0.3 is 13.7 Å². The van der Waals surface area contributed by atoms with Gasteiger partial charge in [-0.15, -0.1) is 0 Å². The average Bonchev–Trinajstić information content (AvgIpc) is 2.43. The van der Waals surface area contributed by atoms with Crippen LogP contribution in [0.5, 0.6) is 0 Å². The quantitative estimate of drug-likeness (QED) is 0.342. The van der Waals surface area contributed by atoms with E-state index in [1.807, 2.05) is 0 Å². The zero-order valence-corrected chi connectivity index (χ0v) is 17.6. The molecule has 0 aliphatic heterocycles. The number of unbranched alkanes of at least 4 members (excludes halogenated alkanes) is 9. The minimum atomic E-state index is -1.62. The first-order valence-electron chi connectivity index (χ1n) is 9.41. The van der Waals surface area contributed by atoms with E-state index in [0.717, 1.165) is 0 Å². The molecule has 0 fully saturated rings. The smallest absolute Gasteiger partial charge is 0.288 e. The summed E-state index contributed by atoms with van der Waals surface area (Å²) in [6.45, 7) is 2.29. The lowest BCUT2D eigenvalue weighted by molar-refractivity contribution is 0.372. The third kappa shape index (κ3) is 7.58. The molecule has 0 aliphatic rings. The molecule has 0 unspecified atom stereocenters. The fourth-order valence-corrected chi connectivity index (χ4v) is 8.19. The summed E-state index contributed by atoms with van der Waals surface area (Å²) in [6, 6.07) is 1.34. The standard InChI is InChI=1S/C18H43N3Si/c1-8-9-10-11-12-13-14-15-16-17-18-22(19(2)3,20(4)5)21(6)7/h8-18H2,1-7H3. The highest BCUT2D eigenvalue weighted by Crippen LogP contribution is 2.22. The van der Waals surface area contributed by atoms with Crippen LogP contribution in [0.15, 0.2) is 0 Å². The van der Waals surface area contributed by atoms with Crippen molar-refractivity contribution >= 4 is 8.56 Å². The van der Waals surface area contributed by atoms with E-state index in [9.17, 15) is 0 Å². The lowest BCUT2D eigenvalue weighted by atomic mass is 10.1. The molecule has 0 bridgehead atoms. The number of hydrogen-bond donors (Lipinski definition) is 0. The van der Waals surface area contributed by atoms with Crippen molar-refractivity contribution in [2.75, 3.05) is 42.3 Å². The van der Waals surface area contributed by atoms with E-state index < -0.39 is 8.56 Å². The number of nitrogens with zero attached hydrogens (tertiary/aromatic N) is 3. The Hall–Kier alpha value is 0.0969. The molecular formula is C18H43N3Si. The van der Waals surface area contributed by atoms with Gasteiger partial charge in [-0.1, -0.05) is 71.1 Å². The van der Waals surface area contributed by atoms with Crippen LogP contribution < -0.4 is 0 Å². The molecule has 0 radical (unpaired) electrons. The van der Waals surface area contributed by atoms with E-state index in [-0.39, 0.29) is 0 Å². The highest BCUT2D eigenvalue weighted by Gasteiger charge is 2.41. The van der Waals surface area contributed by atoms with Gasteiger partial charge in [-0.2, -0.15) is 0 Å².